The van der Waals surface area contributed by atoms with E-state index in [2.05, 4.69) is 20.8 Å². The van der Waals surface area contributed by atoms with Gasteiger partial charge in [-0.1, -0.05) is 72.1 Å². The van der Waals surface area contributed by atoms with Crippen LogP contribution in [0.5, 0.6) is 0 Å². The first-order valence-corrected chi connectivity index (χ1v) is 9.61. The van der Waals surface area contributed by atoms with Crippen molar-refractivity contribution in [2.45, 2.75) is 104 Å². The zero-order valence-corrected chi connectivity index (χ0v) is 15.2. The van der Waals surface area contributed by atoms with Crippen molar-refractivity contribution >= 4 is 6.29 Å². The molecule has 0 aromatic rings. The topological polar surface area (TPSA) is 26.3 Å². The SMILES string of the molecule is CC(C)(C)C(C=O)CCCCCCCCOC1CCCCC1. The third-order valence-electron chi connectivity index (χ3n) is 5.09. The number of unbranched alkanes of at least 4 members (excludes halogenated alkanes) is 5. The number of aldehydes is 1. The predicted octanol–water partition coefficient (Wildman–Crippen LogP) is 5.93. The van der Waals surface area contributed by atoms with Crippen LogP contribution < -0.4 is 0 Å². The van der Waals surface area contributed by atoms with Gasteiger partial charge in [0, 0.05) is 12.5 Å². The Morgan fingerprint density at radius 2 is 1.55 bits per heavy atom. The van der Waals surface area contributed by atoms with E-state index in [-0.39, 0.29) is 11.3 Å². The molecule has 0 radical (unpaired) electrons. The molecule has 2 heteroatoms. The molecule has 1 atom stereocenters. The minimum absolute atomic E-state index is 0.123. The molecule has 1 rings (SSSR count). The highest BCUT2D eigenvalue weighted by atomic mass is 16.5. The van der Waals surface area contributed by atoms with Gasteiger partial charge in [-0.15, -0.1) is 0 Å². The summed E-state index contributed by atoms with van der Waals surface area (Å²) in [5, 5.41) is 0. The summed E-state index contributed by atoms with van der Waals surface area (Å²) in [4.78, 5) is 11.1. The standard InChI is InChI=1S/C20H38O2/c1-20(2,3)18(17-21)13-9-6-4-5-7-12-16-22-19-14-10-8-11-15-19/h17-19H,4-16H2,1-3H3. The van der Waals surface area contributed by atoms with Gasteiger partial charge >= 0.3 is 0 Å². The molecular weight excluding hydrogens is 272 g/mol. The van der Waals surface area contributed by atoms with Crippen LogP contribution in [0.3, 0.4) is 0 Å². The van der Waals surface area contributed by atoms with Crippen LogP contribution in [0.15, 0.2) is 0 Å². The molecule has 0 aliphatic heterocycles. The number of carbonyl (C=O) groups is 1. The van der Waals surface area contributed by atoms with Crippen LogP contribution >= 0.6 is 0 Å². The summed E-state index contributed by atoms with van der Waals surface area (Å²) in [6.45, 7) is 7.46. The molecule has 1 fully saturated rings. The molecule has 0 aromatic heterocycles. The van der Waals surface area contributed by atoms with Crippen molar-refractivity contribution in [1.29, 1.82) is 0 Å². The van der Waals surface area contributed by atoms with Gasteiger partial charge in [0.15, 0.2) is 0 Å². The minimum atomic E-state index is 0.123. The molecule has 0 bridgehead atoms. The van der Waals surface area contributed by atoms with Gasteiger partial charge in [0.2, 0.25) is 0 Å². The van der Waals surface area contributed by atoms with Gasteiger partial charge < -0.3 is 9.53 Å². The van der Waals surface area contributed by atoms with Crippen LogP contribution in [0.1, 0.15) is 97.8 Å². The fraction of sp³-hybridized carbons (Fsp3) is 0.950. The van der Waals surface area contributed by atoms with Crippen LogP contribution in [0, 0.1) is 11.3 Å². The Labute approximate surface area is 138 Å². The van der Waals surface area contributed by atoms with Crippen LogP contribution in [0.4, 0.5) is 0 Å². The predicted molar refractivity (Wildman–Crippen MR) is 94.2 cm³/mol. The smallest absolute Gasteiger partial charge is 0.123 e. The quantitative estimate of drug-likeness (QED) is 0.349. The third kappa shape index (κ3) is 8.92. The molecule has 0 spiro atoms. The lowest BCUT2D eigenvalue weighted by molar-refractivity contribution is -0.114. The Hall–Kier alpha value is -0.370. The first kappa shape index (κ1) is 19.7. The minimum Gasteiger partial charge on any atom is -0.378 e. The first-order valence-electron chi connectivity index (χ1n) is 9.61. The van der Waals surface area contributed by atoms with E-state index >= 15 is 0 Å². The van der Waals surface area contributed by atoms with Crippen LogP contribution in [0.2, 0.25) is 0 Å². The van der Waals surface area contributed by atoms with E-state index in [9.17, 15) is 4.79 Å². The first-order chi connectivity index (χ1) is 10.5. The molecule has 1 aliphatic rings. The largest absolute Gasteiger partial charge is 0.378 e. The Morgan fingerprint density at radius 1 is 0.955 bits per heavy atom. The Kier molecular flexibility index (Phi) is 10.0. The lowest BCUT2D eigenvalue weighted by atomic mass is 9.79. The summed E-state index contributed by atoms with van der Waals surface area (Å²) in [5.41, 5.74) is 0.123. The summed E-state index contributed by atoms with van der Waals surface area (Å²) < 4.78 is 5.96. The van der Waals surface area contributed by atoms with E-state index in [1.807, 2.05) is 0 Å². The third-order valence-corrected chi connectivity index (χ3v) is 5.09. The highest BCUT2D eigenvalue weighted by molar-refractivity contribution is 5.54. The molecule has 22 heavy (non-hydrogen) atoms. The molecule has 0 aromatic carbocycles. The van der Waals surface area contributed by atoms with Crippen LogP contribution in [0.25, 0.3) is 0 Å². The zero-order chi connectivity index (χ0) is 16.3. The van der Waals surface area contributed by atoms with Gasteiger partial charge in [0.25, 0.3) is 0 Å². The van der Waals surface area contributed by atoms with E-state index in [1.54, 1.807) is 0 Å². The fourth-order valence-corrected chi connectivity index (χ4v) is 3.36. The van der Waals surface area contributed by atoms with E-state index in [1.165, 1.54) is 70.6 Å². The summed E-state index contributed by atoms with van der Waals surface area (Å²) in [6, 6.07) is 0. The number of ether oxygens (including phenoxy) is 1. The maximum atomic E-state index is 11.1. The van der Waals surface area contributed by atoms with Gasteiger partial charge in [-0.2, -0.15) is 0 Å². The molecule has 1 unspecified atom stereocenters. The van der Waals surface area contributed by atoms with Crippen molar-refractivity contribution in [2.75, 3.05) is 6.61 Å². The van der Waals surface area contributed by atoms with Crippen molar-refractivity contribution in [3.63, 3.8) is 0 Å². The Morgan fingerprint density at radius 3 is 2.14 bits per heavy atom. The number of rotatable bonds is 11. The molecule has 1 saturated carbocycles. The summed E-state index contributed by atoms with van der Waals surface area (Å²) >= 11 is 0. The Balaban J connectivity index is 1.88. The number of hydrogen-bond acceptors (Lipinski definition) is 2. The molecule has 0 saturated heterocycles. The van der Waals surface area contributed by atoms with E-state index < -0.39 is 0 Å². The van der Waals surface area contributed by atoms with Gasteiger partial charge in [0.1, 0.15) is 6.29 Å². The highest BCUT2D eigenvalue weighted by Crippen LogP contribution is 2.28. The second-order valence-corrected chi connectivity index (χ2v) is 8.15. The maximum Gasteiger partial charge on any atom is 0.123 e. The maximum absolute atomic E-state index is 11.1. The van der Waals surface area contributed by atoms with Gasteiger partial charge in [0.05, 0.1) is 6.10 Å². The van der Waals surface area contributed by atoms with Crippen molar-refractivity contribution in [2.24, 2.45) is 11.3 Å². The lowest BCUT2D eigenvalue weighted by Gasteiger charge is -2.25. The normalized spacial score (nSPS) is 18.3. The summed E-state index contributed by atoms with van der Waals surface area (Å²) in [6.07, 6.45) is 17.1. The van der Waals surface area contributed by atoms with Crippen molar-refractivity contribution < 1.29 is 9.53 Å². The monoisotopic (exact) mass is 310 g/mol. The second-order valence-electron chi connectivity index (χ2n) is 8.15. The van der Waals surface area contributed by atoms with Crippen LogP contribution in [-0.4, -0.2) is 19.0 Å². The van der Waals surface area contributed by atoms with Crippen molar-refractivity contribution in [3.05, 3.63) is 0 Å². The van der Waals surface area contributed by atoms with Crippen molar-refractivity contribution in [1.82, 2.24) is 0 Å². The number of hydrogen-bond donors (Lipinski definition) is 0. The van der Waals surface area contributed by atoms with Crippen molar-refractivity contribution in [3.8, 4) is 0 Å². The molecule has 0 heterocycles. The van der Waals surface area contributed by atoms with Gasteiger partial charge in [-0.3, -0.25) is 0 Å². The average Bonchev–Trinajstić information content (AvgIpc) is 2.49. The summed E-state index contributed by atoms with van der Waals surface area (Å²) in [5.74, 6) is 0.219. The summed E-state index contributed by atoms with van der Waals surface area (Å²) in [7, 11) is 0. The average molecular weight is 311 g/mol. The number of carbonyl (C=O) groups excluding carboxylic acids is 1. The molecule has 130 valence electrons. The van der Waals surface area contributed by atoms with Gasteiger partial charge in [-0.25, -0.2) is 0 Å². The lowest BCUT2D eigenvalue weighted by Crippen LogP contribution is -2.21. The molecule has 0 amide bonds. The van der Waals surface area contributed by atoms with Crippen LogP contribution in [-0.2, 0) is 9.53 Å². The zero-order valence-electron chi connectivity index (χ0n) is 15.2. The highest BCUT2D eigenvalue weighted by Gasteiger charge is 2.23. The van der Waals surface area contributed by atoms with Gasteiger partial charge in [-0.05, 0) is 31.1 Å². The Bertz CT molecular complexity index is 274. The molecular formula is C20H38O2. The molecule has 0 N–H and O–H groups in total. The molecule has 1 aliphatic carbocycles. The second kappa shape index (κ2) is 11.2. The van der Waals surface area contributed by atoms with E-state index in [0.29, 0.717) is 6.10 Å². The molecule has 2 nitrogen and oxygen atoms in total. The van der Waals surface area contributed by atoms with E-state index in [4.69, 9.17) is 4.74 Å². The van der Waals surface area contributed by atoms with E-state index in [0.717, 1.165) is 19.3 Å². The fourth-order valence-electron chi connectivity index (χ4n) is 3.36.